The Morgan fingerprint density at radius 3 is 3.15 bits per heavy atom. The molecule has 1 saturated heterocycles. The minimum absolute atomic E-state index is 0.621. The largest absolute Gasteiger partial charge is 0.381 e. The summed E-state index contributed by atoms with van der Waals surface area (Å²) in [6.45, 7) is 6.70. The first kappa shape index (κ1) is 13.7. The molecule has 3 heterocycles. The molecular weight excluding hydrogens is 274 g/mol. The summed E-state index contributed by atoms with van der Waals surface area (Å²) in [5.41, 5.74) is 0. The smallest absolute Gasteiger partial charge is 0.268 e. The Hall–Kier alpha value is -1.24. The minimum Gasteiger partial charge on any atom is -0.381 e. The Morgan fingerprint density at radius 2 is 2.45 bits per heavy atom. The highest BCUT2D eigenvalue weighted by molar-refractivity contribution is 7.13. The molecule has 1 fully saturated rings. The van der Waals surface area contributed by atoms with Gasteiger partial charge in [0.25, 0.3) is 5.89 Å². The highest BCUT2D eigenvalue weighted by Crippen LogP contribution is 2.23. The fraction of sp³-hybridized carbons (Fsp3) is 0.571. The van der Waals surface area contributed by atoms with E-state index in [2.05, 4.69) is 22.0 Å². The molecule has 1 atom stereocenters. The van der Waals surface area contributed by atoms with Crippen molar-refractivity contribution in [2.24, 2.45) is 5.92 Å². The van der Waals surface area contributed by atoms with E-state index in [0.717, 1.165) is 50.0 Å². The van der Waals surface area contributed by atoms with Crippen molar-refractivity contribution < 1.29 is 9.26 Å². The molecule has 20 heavy (non-hydrogen) atoms. The molecule has 0 amide bonds. The summed E-state index contributed by atoms with van der Waals surface area (Å²) in [5.74, 6) is 2.02. The van der Waals surface area contributed by atoms with Crippen molar-refractivity contribution in [3.8, 4) is 10.8 Å². The van der Waals surface area contributed by atoms with Crippen molar-refractivity contribution in [3.05, 3.63) is 23.3 Å². The lowest BCUT2D eigenvalue weighted by Gasteiger charge is -2.21. The monoisotopic (exact) mass is 293 g/mol. The Balaban J connectivity index is 1.60. The van der Waals surface area contributed by atoms with E-state index < -0.39 is 0 Å². The number of ether oxygens (including phenoxy) is 1. The molecule has 0 N–H and O–H groups in total. The van der Waals surface area contributed by atoms with E-state index in [1.54, 1.807) is 11.3 Å². The maximum absolute atomic E-state index is 5.43. The average Bonchev–Trinajstić information content (AvgIpc) is 3.20. The van der Waals surface area contributed by atoms with Crippen LogP contribution in [0.25, 0.3) is 10.8 Å². The number of hydrogen-bond donors (Lipinski definition) is 0. The van der Waals surface area contributed by atoms with Gasteiger partial charge in [0.05, 0.1) is 18.0 Å². The number of rotatable bonds is 6. The van der Waals surface area contributed by atoms with Crippen LogP contribution in [0.15, 0.2) is 22.0 Å². The normalized spacial score (nSPS) is 19.0. The molecule has 0 saturated carbocycles. The third-order valence-corrected chi connectivity index (χ3v) is 4.41. The van der Waals surface area contributed by atoms with Crippen LogP contribution in [-0.2, 0) is 11.3 Å². The van der Waals surface area contributed by atoms with Crippen molar-refractivity contribution in [2.75, 3.05) is 26.3 Å². The van der Waals surface area contributed by atoms with E-state index in [1.807, 2.05) is 17.5 Å². The van der Waals surface area contributed by atoms with Gasteiger partial charge in [0.2, 0.25) is 0 Å². The van der Waals surface area contributed by atoms with Gasteiger partial charge in [-0.15, -0.1) is 11.3 Å². The van der Waals surface area contributed by atoms with Crippen LogP contribution in [0, 0.1) is 5.92 Å². The van der Waals surface area contributed by atoms with E-state index in [0.29, 0.717) is 11.8 Å². The van der Waals surface area contributed by atoms with E-state index in [1.165, 1.54) is 0 Å². The van der Waals surface area contributed by atoms with Gasteiger partial charge in [-0.1, -0.05) is 18.1 Å². The third-order valence-electron chi connectivity index (χ3n) is 3.55. The SMILES string of the molecule is CCN(Cc1noc(-c2cccs2)n1)CC1CCOC1. The Bertz CT molecular complexity index is 520. The summed E-state index contributed by atoms with van der Waals surface area (Å²) in [6, 6.07) is 3.98. The van der Waals surface area contributed by atoms with Crippen molar-refractivity contribution in [2.45, 2.75) is 19.9 Å². The summed E-state index contributed by atoms with van der Waals surface area (Å²) >= 11 is 1.61. The van der Waals surface area contributed by atoms with E-state index >= 15 is 0 Å². The molecule has 1 unspecified atom stereocenters. The molecule has 3 rings (SSSR count). The predicted octanol–water partition coefficient (Wildman–Crippen LogP) is 2.66. The number of thiophene rings is 1. The molecule has 0 aromatic carbocycles. The summed E-state index contributed by atoms with van der Waals surface area (Å²) in [5, 5.41) is 6.09. The van der Waals surface area contributed by atoms with Gasteiger partial charge >= 0.3 is 0 Å². The molecule has 2 aromatic rings. The van der Waals surface area contributed by atoms with Gasteiger partial charge in [0.1, 0.15) is 0 Å². The molecule has 0 spiro atoms. The quantitative estimate of drug-likeness (QED) is 0.819. The molecular formula is C14H19N3O2S. The van der Waals surface area contributed by atoms with Crippen LogP contribution in [0.2, 0.25) is 0 Å². The standard InChI is InChI=1S/C14H19N3O2S/c1-2-17(8-11-5-6-18-10-11)9-13-15-14(19-16-13)12-4-3-7-20-12/h3-4,7,11H,2,5-6,8-10H2,1H3. The molecule has 5 nitrogen and oxygen atoms in total. The second-order valence-electron chi connectivity index (χ2n) is 5.05. The van der Waals surface area contributed by atoms with Gasteiger partial charge in [0.15, 0.2) is 5.82 Å². The maximum atomic E-state index is 5.43. The molecule has 2 aromatic heterocycles. The molecule has 1 aliphatic rings. The Labute approximate surface area is 122 Å². The molecule has 108 valence electrons. The van der Waals surface area contributed by atoms with Gasteiger partial charge in [-0.05, 0) is 30.3 Å². The first-order valence-electron chi connectivity index (χ1n) is 7.01. The molecule has 0 bridgehead atoms. The zero-order valence-corrected chi connectivity index (χ0v) is 12.4. The fourth-order valence-electron chi connectivity index (χ4n) is 2.42. The molecule has 6 heteroatoms. The highest BCUT2D eigenvalue weighted by atomic mass is 32.1. The predicted molar refractivity (Wildman–Crippen MR) is 77.5 cm³/mol. The van der Waals surface area contributed by atoms with Gasteiger partial charge in [-0.25, -0.2) is 0 Å². The number of aromatic nitrogens is 2. The van der Waals surface area contributed by atoms with Crippen LogP contribution in [0.5, 0.6) is 0 Å². The van der Waals surface area contributed by atoms with Crippen LogP contribution < -0.4 is 0 Å². The summed E-state index contributed by atoms with van der Waals surface area (Å²) < 4.78 is 10.8. The van der Waals surface area contributed by atoms with E-state index in [9.17, 15) is 0 Å². The fourth-order valence-corrected chi connectivity index (χ4v) is 3.06. The second-order valence-corrected chi connectivity index (χ2v) is 6.00. The Kier molecular flexibility index (Phi) is 4.44. The number of hydrogen-bond acceptors (Lipinski definition) is 6. The van der Waals surface area contributed by atoms with Crippen LogP contribution in [0.3, 0.4) is 0 Å². The highest BCUT2D eigenvalue weighted by Gasteiger charge is 2.20. The molecule has 0 aliphatic carbocycles. The van der Waals surface area contributed by atoms with Crippen molar-refractivity contribution in [1.82, 2.24) is 15.0 Å². The van der Waals surface area contributed by atoms with Crippen molar-refractivity contribution >= 4 is 11.3 Å². The third kappa shape index (κ3) is 3.26. The first-order chi connectivity index (χ1) is 9.85. The topological polar surface area (TPSA) is 51.4 Å². The maximum Gasteiger partial charge on any atom is 0.268 e. The van der Waals surface area contributed by atoms with E-state index in [-0.39, 0.29) is 0 Å². The van der Waals surface area contributed by atoms with Crippen molar-refractivity contribution in [1.29, 1.82) is 0 Å². The lowest BCUT2D eigenvalue weighted by atomic mass is 10.1. The van der Waals surface area contributed by atoms with Gasteiger partial charge < -0.3 is 9.26 Å². The zero-order valence-electron chi connectivity index (χ0n) is 11.6. The average molecular weight is 293 g/mol. The zero-order chi connectivity index (χ0) is 13.8. The Morgan fingerprint density at radius 1 is 1.50 bits per heavy atom. The summed E-state index contributed by atoms with van der Waals surface area (Å²) in [4.78, 5) is 7.85. The summed E-state index contributed by atoms with van der Waals surface area (Å²) in [6.07, 6.45) is 1.16. The minimum atomic E-state index is 0.621. The number of nitrogens with zero attached hydrogens (tertiary/aromatic N) is 3. The lowest BCUT2D eigenvalue weighted by molar-refractivity contribution is 0.165. The van der Waals surface area contributed by atoms with Crippen LogP contribution >= 0.6 is 11.3 Å². The van der Waals surface area contributed by atoms with Crippen LogP contribution in [0.4, 0.5) is 0 Å². The van der Waals surface area contributed by atoms with Crippen LogP contribution in [0.1, 0.15) is 19.2 Å². The molecule has 0 radical (unpaired) electrons. The van der Waals surface area contributed by atoms with Gasteiger partial charge in [-0.3, -0.25) is 4.90 Å². The van der Waals surface area contributed by atoms with Gasteiger partial charge in [0, 0.05) is 13.2 Å². The van der Waals surface area contributed by atoms with Crippen LogP contribution in [-0.4, -0.2) is 41.3 Å². The second kappa shape index (κ2) is 6.47. The van der Waals surface area contributed by atoms with Gasteiger partial charge in [-0.2, -0.15) is 4.98 Å². The van der Waals surface area contributed by atoms with E-state index in [4.69, 9.17) is 9.26 Å². The summed E-state index contributed by atoms with van der Waals surface area (Å²) in [7, 11) is 0. The lowest BCUT2D eigenvalue weighted by Crippen LogP contribution is -2.29. The molecule has 1 aliphatic heterocycles. The first-order valence-corrected chi connectivity index (χ1v) is 7.89. The van der Waals surface area contributed by atoms with Crippen molar-refractivity contribution in [3.63, 3.8) is 0 Å².